The molecule has 0 saturated carbocycles. The number of carbonyl (C=O) groups excluding carboxylic acids is 1. The van der Waals surface area contributed by atoms with E-state index in [1.165, 1.54) is 31.5 Å². The van der Waals surface area contributed by atoms with Crippen molar-refractivity contribution in [1.82, 2.24) is 4.90 Å². The molecule has 2 aromatic rings. The van der Waals surface area contributed by atoms with Gasteiger partial charge in [-0.25, -0.2) is 0 Å². The lowest BCUT2D eigenvalue weighted by Gasteiger charge is -2.30. The Morgan fingerprint density at radius 1 is 1.15 bits per heavy atom. The Balaban J connectivity index is 1.55. The normalized spacial score (nSPS) is 17.7. The molecule has 4 heteroatoms. The molecule has 0 radical (unpaired) electrons. The van der Waals surface area contributed by atoms with E-state index >= 15 is 0 Å². The van der Waals surface area contributed by atoms with Crippen LogP contribution in [-0.4, -0.2) is 30.0 Å². The SMILES string of the molecule is CC(C)Oc1ccc(NC(=O)c2ccc(CN3CCC[C@@H](C)C3)cc2)cc1. The van der Waals surface area contributed by atoms with Crippen LogP contribution in [0.15, 0.2) is 48.5 Å². The van der Waals surface area contributed by atoms with E-state index in [1.807, 2.05) is 50.2 Å². The molecule has 27 heavy (non-hydrogen) atoms. The zero-order chi connectivity index (χ0) is 19.2. The van der Waals surface area contributed by atoms with Crippen molar-refractivity contribution in [3.8, 4) is 5.75 Å². The standard InChI is InChI=1S/C23H30N2O2/c1-17(2)27-22-12-10-21(11-13-22)24-23(26)20-8-6-19(7-9-20)16-25-14-4-5-18(3)15-25/h6-13,17-18H,4-5,14-16H2,1-3H3,(H,24,26)/t18-/m1/s1. The van der Waals surface area contributed by atoms with Crippen molar-refractivity contribution in [2.45, 2.75) is 46.3 Å². The molecule has 0 unspecified atom stereocenters. The van der Waals surface area contributed by atoms with Gasteiger partial charge in [0, 0.05) is 24.3 Å². The number of benzene rings is 2. The van der Waals surface area contributed by atoms with E-state index in [4.69, 9.17) is 4.74 Å². The summed E-state index contributed by atoms with van der Waals surface area (Å²) in [6.45, 7) is 9.60. The maximum Gasteiger partial charge on any atom is 0.255 e. The number of nitrogens with zero attached hydrogens (tertiary/aromatic N) is 1. The Kier molecular flexibility index (Phi) is 6.51. The third-order valence-electron chi connectivity index (χ3n) is 4.85. The van der Waals surface area contributed by atoms with Crippen molar-refractivity contribution < 1.29 is 9.53 Å². The molecule has 3 rings (SSSR count). The summed E-state index contributed by atoms with van der Waals surface area (Å²) in [5.41, 5.74) is 2.70. The molecular weight excluding hydrogens is 336 g/mol. The summed E-state index contributed by atoms with van der Waals surface area (Å²) in [5.74, 6) is 1.49. The van der Waals surface area contributed by atoms with Gasteiger partial charge in [-0.1, -0.05) is 19.1 Å². The van der Waals surface area contributed by atoms with E-state index in [9.17, 15) is 4.79 Å². The second-order valence-electron chi connectivity index (χ2n) is 7.82. The summed E-state index contributed by atoms with van der Waals surface area (Å²) in [7, 11) is 0. The first-order valence-electron chi connectivity index (χ1n) is 9.89. The van der Waals surface area contributed by atoms with Crippen molar-refractivity contribution in [2.24, 2.45) is 5.92 Å². The molecule has 1 saturated heterocycles. The van der Waals surface area contributed by atoms with Crippen LogP contribution in [-0.2, 0) is 6.54 Å². The van der Waals surface area contributed by atoms with Gasteiger partial charge in [0.1, 0.15) is 5.75 Å². The largest absolute Gasteiger partial charge is 0.491 e. The molecule has 4 nitrogen and oxygen atoms in total. The third kappa shape index (κ3) is 5.83. The fourth-order valence-electron chi connectivity index (χ4n) is 3.54. The number of hydrogen-bond acceptors (Lipinski definition) is 3. The smallest absolute Gasteiger partial charge is 0.255 e. The Labute approximate surface area is 162 Å². The third-order valence-corrected chi connectivity index (χ3v) is 4.85. The summed E-state index contributed by atoms with van der Waals surface area (Å²) in [6, 6.07) is 15.4. The van der Waals surface area contributed by atoms with Crippen LogP contribution in [0.5, 0.6) is 5.75 Å². The number of carbonyl (C=O) groups is 1. The molecule has 0 bridgehead atoms. The molecule has 1 fully saturated rings. The molecule has 1 N–H and O–H groups in total. The van der Waals surface area contributed by atoms with Crippen LogP contribution >= 0.6 is 0 Å². The van der Waals surface area contributed by atoms with E-state index in [1.54, 1.807) is 0 Å². The van der Waals surface area contributed by atoms with Crippen LogP contribution in [0.4, 0.5) is 5.69 Å². The molecular formula is C23H30N2O2. The van der Waals surface area contributed by atoms with Gasteiger partial charge in [0.25, 0.3) is 5.91 Å². The maximum atomic E-state index is 12.5. The number of piperidine rings is 1. The summed E-state index contributed by atoms with van der Waals surface area (Å²) in [4.78, 5) is 15.0. The van der Waals surface area contributed by atoms with Crippen LogP contribution in [0.25, 0.3) is 0 Å². The minimum atomic E-state index is -0.0920. The van der Waals surface area contributed by atoms with Crippen molar-refractivity contribution in [1.29, 1.82) is 0 Å². The molecule has 1 aliphatic rings. The Bertz CT molecular complexity index is 738. The quantitative estimate of drug-likeness (QED) is 0.786. The fourth-order valence-corrected chi connectivity index (χ4v) is 3.54. The number of rotatable bonds is 6. The van der Waals surface area contributed by atoms with Crippen LogP contribution in [0.3, 0.4) is 0 Å². The molecule has 1 aliphatic heterocycles. The summed E-state index contributed by atoms with van der Waals surface area (Å²) in [6.07, 6.45) is 2.75. The first-order valence-corrected chi connectivity index (χ1v) is 9.89. The zero-order valence-corrected chi connectivity index (χ0v) is 16.6. The van der Waals surface area contributed by atoms with E-state index < -0.39 is 0 Å². The van der Waals surface area contributed by atoms with Gasteiger partial charge in [-0.2, -0.15) is 0 Å². The predicted octanol–water partition coefficient (Wildman–Crippen LogP) is 4.96. The molecule has 1 atom stereocenters. The highest BCUT2D eigenvalue weighted by atomic mass is 16.5. The molecule has 0 spiro atoms. The van der Waals surface area contributed by atoms with Crippen LogP contribution in [0, 0.1) is 5.92 Å². The monoisotopic (exact) mass is 366 g/mol. The average Bonchev–Trinajstić information content (AvgIpc) is 2.63. The predicted molar refractivity (Wildman–Crippen MR) is 110 cm³/mol. The molecule has 1 amide bonds. The topological polar surface area (TPSA) is 41.6 Å². The number of amides is 1. The minimum absolute atomic E-state index is 0.0920. The number of ether oxygens (including phenoxy) is 1. The summed E-state index contributed by atoms with van der Waals surface area (Å²) >= 11 is 0. The Morgan fingerprint density at radius 3 is 2.48 bits per heavy atom. The van der Waals surface area contributed by atoms with Gasteiger partial charge < -0.3 is 10.1 Å². The first-order chi connectivity index (χ1) is 13.0. The van der Waals surface area contributed by atoms with E-state index in [-0.39, 0.29) is 12.0 Å². The van der Waals surface area contributed by atoms with Gasteiger partial charge in [-0.05, 0) is 81.1 Å². The van der Waals surface area contributed by atoms with Gasteiger partial charge in [0.05, 0.1) is 6.10 Å². The maximum absolute atomic E-state index is 12.5. The number of nitrogens with one attached hydrogen (secondary N) is 1. The molecule has 1 heterocycles. The average molecular weight is 367 g/mol. The highest BCUT2D eigenvalue weighted by molar-refractivity contribution is 6.04. The Morgan fingerprint density at radius 2 is 1.85 bits per heavy atom. The fraction of sp³-hybridized carbons (Fsp3) is 0.435. The summed E-state index contributed by atoms with van der Waals surface area (Å²) in [5, 5.41) is 2.94. The van der Waals surface area contributed by atoms with Gasteiger partial charge in [0.2, 0.25) is 0 Å². The molecule has 0 aliphatic carbocycles. The van der Waals surface area contributed by atoms with E-state index in [0.29, 0.717) is 5.56 Å². The van der Waals surface area contributed by atoms with Crippen molar-refractivity contribution in [2.75, 3.05) is 18.4 Å². The highest BCUT2D eigenvalue weighted by Gasteiger charge is 2.16. The summed E-state index contributed by atoms with van der Waals surface area (Å²) < 4.78 is 5.62. The second-order valence-corrected chi connectivity index (χ2v) is 7.82. The molecule has 2 aromatic carbocycles. The lowest BCUT2D eigenvalue weighted by Crippen LogP contribution is -2.33. The van der Waals surface area contributed by atoms with E-state index in [0.717, 1.165) is 23.9 Å². The number of likely N-dealkylation sites (tertiary alicyclic amines) is 1. The van der Waals surface area contributed by atoms with Crippen LogP contribution < -0.4 is 10.1 Å². The van der Waals surface area contributed by atoms with Crippen LogP contribution in [0.2, 0.25) is 0 Å². The van der Waals surface area contributed by atoms with Gasteiger partial charge in [-0.15, -0.1) is 0 Å². The lowest BCUT2D eigenvalue weighted by molar-refractivity contribution is 0.102. The molecule has 144 valence electrons. The Hall–Kier alpha value is -2.33. The number of hydrogen-bond donors (Lipinski definition) is 1. The zero-order valence-electron chi connectivity index (χ0n) is 16.6. The van der Waals surface area contributed by atoms with Crippen LogP contribution in [0.1, 0.15) is 49.5 Å². The first kappa shape index (κ1) is 19.4. The van der Waals surface area contributed by atoms with Gasteiger partial charge >= 0.3 is 0 Å². The highest BCUT2D eigenvalue weighted by Crippen LogP contribution is 2.19. The van der Waals surface area contributed by atoms with Gasteiger partial charge in [-0.3, -0.25) is 9.69 Å². The van der Waals surface area contributed by atoms with Gasteiger partial charge in [0.15, 0.2) is 0 Å². The molecule has 0 aromatic heterocycles. The van der Waals surface area contributed by atoms with Crippen molar-refractivity contribution >= 4 is 11.6 Å². The van der Waals surface area contributed by atoms with Crippen molar-refractivity contribution in [3.05, 3.63) is 59.7 Å². The minimum Gasteiger partial charge on any atom is -0.491 e. The second kappa shape index (κ2) is 9.05. The lowest BCUT2D eigenvalue weighted by atomic mass is 9.99. The van der Waals surface area contributed by atoms with E-state index in [2.05, 4.69) is 29.3 Å². The number of anilines is 1. The van der Waals surface area contributed by atoms with Crippen molar-refractivity contribution in [3.63, 3.8) is 0 Å².